The number of hydrogen-bond donors (Lipinski definition) is 1. The van der Waals surface area contributed by atoms with Gasteiger partial charge in [0.2, 0.25) is 0 Å². The highest BCUT2D eigenvalue weighted by atomic mass is 16.5. The summed E-state index contributed by atoms with van der Waals surface area (Å²) in [6.45, 7) is 1.93. The first-order chi connectivity index (χ1) is 14.2. The fourth-order valence-corrected chi connectivity index (χ4v) is 2.75. The number of nitrogens with one attached hydrogen (secondary N) is 1. The molecule has 148 valence electrons. The molecule has 0 heterocycles. The van der Waals surface area contributed by atoms with Crippen LogP contribution in [0.25, 0.3) is 0 Å². The molecule has 0 atom stereocenters. The number of ether oxygens (including phenoxy) is 2. The molecule has 5 heteroatoms. The van der Waals surface area contributed by atoms with E-state index < -0.39 is 5.97 Å². The Hall–Kier alpha value is -3.60. The lowest BCUT2D eigenvalue weighted by Crippen LogP contribution is -2.21. The zero-order valence-corrected chi connectivity index (χ0v) is 16.3. The van der Waals surface area contributed by atoms with Crippen LogP contribution in [0.4, 0.5) is 5.69 Å². The summed E-state index contributed by atoms with van der Waals surface area (Å²) in [5.74, 6) is -0.238. The molecule has 3 aromatic carbocycles. The Morgan fingerprint density at radius 2 is 1.55 bits per heavy atom. The first-order valence-electron chi connectivity index (χ1n) is 9.47. The summed E-state index contributed by atoms with van der Waals surface area (Å²) >= 11 is 0. The van der Waals surface area contributed by atoms with Gasteiger partial charge in [0.1, 0.15) is 12.4 Å². The van der Waals surface area contributed by atoms with Crippen LogP contribution in [0.5, 0.6) is 5.75 Å². The van der Waals surface area contributed by atoms with Crippen molar-refractivity contribution in [2.75, 3.05) is 11.9 Å². The summed E-state index contributed by atoms with van der Waals surface area (Å²) in [6, 6.07) is 23.9. The van der Waals surface area contributed by atoms with Crippen molar-refractivity contribution in [3.05, 3.63) is 95.6 Å². The van der Waals surface area contributed by atoms with Crippen molar-refractivity contribution in [2.45, 2.75) is 20.0 Å². The first-order valence-corrected chi connectivity index (χ1v) is 9.47. The van der Waals surface area contributed by atoms with Crippen LogP contribution >= 0.6 is 0 Å². The van der Waals surface area contributed by atoms with Gasteiger partial charge in [-0.15, -0.1) is 0 Å². The molecule has 0 aliphatic rings. The molecule has 29 heavy (non-hydrogen) atoms. The molecular weight excluding hydrogens is 366 g/mol. The monoisotopic (exact) mass is 389 g/mol. The van der Waals surface area contributed by atoms with Gasteiger partial charge in [-0.1, -0.05) is 55.5 Å². The minimum absolute atomic E-state index is 0.227. The number of rotatable bonds is 8. The second kappa shape index (κ2) is 10.1. The third kappa shape index (κ3) is 5.94. The van der Waals surface area contributed by atoms with Crippen LogP contribution in [0.15, 0.2) is 78.9 Å². The molecule has 0 saturated carbocycles. The zero-order chi connectivity index (χ0) is 20.5. The Balaban J connectivity index is 1.55. The summed E-state index contributed by atoms with van der Waals surface area (Å²) in [7, 11) is 0. The standard InChI is InChI=1S/C24H23NO4/c1-2-18-12-14-20(15-13-18)25-23(26)17-29-24(27)22-11-7-6-8-19(22)16-28-21-9-4-3-5-10-21/h3-15H,2,16-17H2,1H3,(H,25,26). The van der Waals surface area contributed by atoms with Crippen LogP contribution in [0.1, 0.15) is 28.4 Å². The molecule has 0 saturated heterocycles. The molecule has 0 aliphatic carbocycles. The number of carbonyl (C=O) groups excluding carboxylic acids is 2. The average molecular weight is 389 g/mol. The number of benzene rings is 3. The van der Waals surface area contributed by atoms with E-state index >= 15 is 0 Å². The van der Waals surface area contributed by atoms with Crippen LogP contribution in [-0.2, 0) is 22.6 Å². The van der Waals surface area contributed by atoms with Gasteiger partial charge in [-0.2, -0.15) is 0 Å². The number of para-hydroxylation sites is 1. The number of carbonyl (C=O) groups is 2. The SMILES string of the molecule is CCc1ccc(NC(=O)COC(=O)c2ccccc2COc2ccccc2)cc1. The van der Waals surface area contributed by atoms with Crippen molar-refractivity contribution in [1.82, 2.24) is 0 Å². The highest BCUT2D eigenvalue weighted by Crippen LogP contribution is 2.16. The summed E-state index contributed by atoms with van der Waals surface area (Å²) in [6.07, 6.45) is 0.930. The summed E-state index contributed by atoms with van der Waals surface area (Å²) in [5.41, 5.74) is 2.92. The van der Waals surface area contributed by atoms with E-state index in [1.807, 2.05) is 60.7 Å². The van der Waals surface area contributed by atoms with Crippen LogP contribution in [-0.4, -0.2) is 18.5 Å². The lowest BCUT2D eigenvalue weighted by Gasteiger charge is -2.11. The van der Waals surface area contributed by atoms with Crippen LogP contribution < -0.4 is 10.1 Å². The Bertz CT molecular complexity index is 952. The van der Waals surface area contributed by atoms with E-state index in [0.29, 0.717) is 22.6 Å². The van der Waals surface area contributed by atoms with Gasteiger partial charge in [0.25, 0.3) is 5.91 Å². The van der Waals surface area contributed by atoms with Crippen LogP contribution in [0, 0.1) is 0 Å². The average Bonchev–Trinajstić information content (AvgIpc) is 2.77. The third-order valence-electron chi connectivity index (χ3n) is 4.36. The van der Waals surface area contributed by atoms with Crippen molar-refractivity contribution < 1.29 is 19.1 Å². The maximum Gasteiger partial charge on any atom is 0.339 e. The van der Waals surface area contributed by atoms with E-state index in [4.69, 9.17) is 9.47 Å². The number of aryl methyl sites for hydroxylation is 1. The minimum Gasteiger partial charge on any atom is -0.489 e. The van der Waals surface area contributed by atoms with Crippen molar-refractivity contribution in [3.8, 4) is 5.75 Å². The van der Waals surface area contributed by atoms with Gasteiger partial charge in [-0.05, 0) is 42.3 Å². The molecule has 1 N–H and O–H groups in total. The molecule has 0 fully saturated rings. The summed E-state index contributed by atoms with van der Waals surface area (Å²) in [4.78, 5) is 24.5. The van der Waals surface area contributed by atoms with Crippen LogP contribution in [0.3, 0.4) is 0 Å². The molecule has 0 spiro atoms. The number of hydrogen-bond acceptors (Lipinski definition) is 4. The maximum absolute atomic E-state index is 12.5. The smallest absolute Gasteiger partial charge is 0.339 e. The molecule has 0 unspecified atom stereocenters. The molecule has 3 rings (SSSR count). The van der Waals surface area contributed by atoms with Gasteiger partial charge < -0.3 is 14.8 Å². The molecule has 0 radical (unpaired) electrons. The predicted octanol–water partition coefficient (Wildman–Crippen LogP) is 4.62. The van der Waals surface area contributed by atoms with Gasteiger partial charge in [0.05, 0.1) is 5.56 Å². The fraction of sp³-hybridized carbons (Fsp3) is 0.167. The van der Waals surface area contributed by atoms with Crippen molar-refractivity contribution in [3.63, 3.8) is 0 Å². The number of amides is 1. The van der Waals surface area contributed by atoms with Gasteiger partial charge in [0, 0.05) is 11.3 Å². The zero-order valence-electron chi connectivity index (χ0n) is 16.3. The van der Waals surface area contributed by atoms with Gasteiger partial charge >= 0.3 is 5.97 Å². The highest BCUT2D eigenvalue weighted by Gasteiger charge is 2.15. The Morgan fingerprint density at radius 3 is 2.28 bits per heavy atom. The lowest BCUT2D eigenvalue weighted by molar-refractivity contribution is -0.119. The molecule has 3 aromatic rings. The van der Waals surface area contributed by atoms with E-state index in [9.17, 15) is 9.59 Å². The van der Waals surface area contributed by atoms with Crippen molar-refractivity contribution in [2.24, 2.45) is 0 Å². The van der Waals surface area contributed by atoms with E-state index in [0.717, 1.165) is 6.42 Å². The van der Waals surface area contributed by atoms with Crippen molar-refractivity contribution in [1.29, 1.82) is 0 Å². The number of esters is 1. The Morgan fingerprint density at radius 1 is 0.862 bits per heavy atom. The van der Waals surface area contributed by atoms with Crippen LogP contribution in [0.2, 0.25) is 0 Å². The topological polar surface area (TPSA) is 64.6 Å². The lowest BCUT2D eigenvalue weighted by atomic mass is 10.1. The highest BCUT2D eigenvalue weighted by molar-refractivity contribution is 5.96. The Labute approximate surface area is 170 Å². The predicted molar refractivity (Wildman–Crippen MR) is 112 cm³/mol. The van der Waals surface area contributed by atoms with Gasteiger partial charge in [-0.3, -0.25) is 4.79 Å². The molecule has 0 aliphatic heterocycles. The third-order valence-corrected chi connectivity index (χ3v) is 4.36. The minimum atomic E-state index is -0.561. The van der Waals surface area contributed by atoms with Gasteiger partial charge in [0.15, 0.2) is 6.61 Å². The fourth-order valence-electron chi connectivity index (χ4n) is 2.75. The second-order valence-electron chi connectivity index (χ2n) is 6.43. The number of anilines is 1. The molecular formula is C24H23NO4. The van der Waals surface area contributed by atoms with Crippen molar-refractivity contribution >= 4 is 17.6 Å². The summed E-state index contributed by atoms with van der Waals surface area (Å²) < 4.78 is 10.9. The van der Waals surface area contributed by atoms with E-state index in [1.54, 1.807) is 18.2 Å². The van der Waals surface area contributed by atoms with Gasteiger partial charge in [-0.25, -0.2) is 4.79 Å². The van der Waals surface area contributed by atoms with E-state index in [1.165, 1.54) is 5.56 Å². The maximum atomic E-state index is 12.5. The molecule has 0 aromatic heterocycles. The molecule has 0 bridgehead atoms. The summed E-state index contributed by atoms with van der Waals surface area (Å²) in [5, 5.41) is 2.72. The quantitative estimate of drug-likeness (QED) is 0.571. The van der Waals surface area contributed by atoms with E-state index in [-0.39, 0.29) is 19.1 Å². The van der Waals surface area contributed by atoms with E-state index in [2.05, 4.69) is 12.2 Å². The first kappa shape index (κ1) is 20.1. The largest absolute Gasteiger partial charge is 0.489 e. The second-order valence-corrected chi connectivity index (χ2v) is 6.43. The molecule has 1 amide bonds. The molecule has 5 nitrogen and oxygen atoms in total. The Kier molecular flexibility index (Phi) is 7.00. The normalized spacial score (nSPS) is 10.2.